The lowest BCUT2D eigenvalue weighted by molar-refractivity contribution is 0.223. The quantitative estimate of drug-likeness (QED) is 0.358. The van der Waals surface area contributed by atoms with Crippen LogP contribution in [0.1, 0.15) is 27.7 Å². The molecule has 0 saturated carbocycles. The first kappa shape index (κ1) is 19.1. The van der Waals surface area contributed by atoms with Crippen LogP contribution in [-0.4, -0.2) is 5.11 Å². The lowest BCUT2D eigenvalue weighted by Crippen LogP contribution is -2.02. The largest absolute Gasteiger partial charge is 0.488 e. The molecule has 4 rings (SSSR count). The Kier molecular flexibility index (Phi) is 5.49. The molecule has 0 saturated heterocycles. The molecule has 0 aliphatic heterocycles. The summed E-state index contributed by atoms with van der Waals surface area (Å²) in [6.45, 7) is 2.43. The Morgan fingerprint density at radius 1 is 1.07 bits per heavy atom. The van der Waals surface area contributed by atoms with Crippen molar-refractivity contribution in [3.8, 4) is 5.75 Å². The molecular weight excluding hydrogens is 439 g/mol. The van der Waals surface area contributed by atoms with Crippen LogP contribution in [0.3, 0.4) is 0 Å². The molecule has 28 heavy (non-hydrogen) atoms. The van der Waals surface area contributed by atoms with Crippen LogP contribution in [0.5, 0.6) is 5.75 Å². The first-order chi connectivity index (χ1) is 13.5. The van der Waals surface area contributed by atoms with Crippen molar-refractivity contribution in [2.24, 2.45) is 0 Å². The molecule has 3 aromatic carbocycles. The van der Waals surface area contributed by atoms with E-state index in [4.69, 9.17) is 4.74 Å². The second kappa shape index (κ2) is 8.03. The predicted molar refractivity (Wildman–Crippen MR) is 115 cm³/mol. The molecule has 0 aliphatic carbocycles. The molecule has 1 aromatic heterocycles. The molecule has 0 amide bonds. The monoisotopic (exact) mass is 456 g/mol. The molecule has 1 heterocycles. The number of hydrogen-bond donors (Lipinski definition) is 1. The first-order valence-corrected chi connectivity index (χ1v) is 10.5. The molecule has 0 aliphatic rings. The average Bonchev–Trinajstić information content (AvgIpc) is 3.11. The molecule has 5 heteroatoms. The number of fused-ring (bicyclic) bond motifs is 1. The number of hydrogen-bond acceptors (Lipinski definition) is 3. The zero-order valence-electron chi connectivity index (χ0n) is 15.2. The van der Waals surface area contributed by atoms with E-state index >= 15 is 0 Å². The summed E-state index contributed by atoms with van der Waals surface area (Å²) in [4.78, 5) is 0.786. The van der Waals surface area contributed by atoms with Crippen molar-refractivity contribution in [3.63, 3.8) is 0 Å². The van der Waals surface area contributed by atoms with Crippen LogP contribution in [0.2, 0.25) is 0 Å². The van der Waals surface area contributed by atoms with Crippen LogP contribution < -0.4 is 4.74 Å². The third-order valence-electron chi connectivity index (χ3n) is 4.62. The number of halogens is 2. The number of benzene rings is 3. The zero-order valence-corrected chi connectivity index (χ0v) is 17.6. The van der Waals surface area contributed by atoms with E-state index < -0.39 is 6.10 Å². The van der Waals surface area contributed by atoms with Gasteiger partial charge in [-0.3, -0.25) is 0 Å². The van der Waals surface area contributed by atoms with E-state index in [0.717, 1.165) is 41.9 Å². The Morgan fingerprint density at radius 2 is 1.86 bits per heavy atom. The lowest BCUT2D eigenvalue weighted by Gasteiger charge is -2.16. The molecule has 1 unspecified atom stereocenters. The maximum Gasteiger partial charge on any atom is 0.134 e. The van der Waals surface area contributed by atoms with E-state index in [1.165, 1.54) is 23.5 Å². The SMILES string of the molecule is Cc1cc(OCc2ccccc2)c(Br)cc1C(O)c1cc2cc(F)ccc2s1. The minimum Gasteiger partial charge on any atom is -0.488 e. The van der Waals surface area contributed by atoms with Crippen molar-refractivity contribution < 1.29 is 14.2 Å². The van der Waals surface area contributed by atoms with Gasteiger partial charge in [0.2, 0.25) is 0 Å². The van der Waals surface area contributed by atoms with Gasteiger partial charge >= 0.3 is 0 Å². The Bertz CT molecular complexity index is 1120. The molecule has 1 atom stereocenters. The fourth-order valence-electron chi connectivity index (χ4n) is 3.13. The minimum absolute atomic E-state index is 0.273. The highest BCUT2D eigenvalue weighted by Crippen LogP contribution is 2.38. The van der Waals surface area contributed by atoms with E-state index in [-0.39, 0.29) is 5.82 Å². The number of ether oxygens (including phenoxy) is 1. The Morgan fingerprint density at radius 3 is 2.64 bits per heavy atom. The van der Waals surface area contributed by atoms with Crippen LogP contribution in [-0.2, 0) is 6.61 Å². The number of aliphatic hydroxyl groups is 1. The fraction of sp³-hybridized carbons (Fsp3) is 0.130. The van der Waals surface area contributed by atoms with Crippen LogP contribution >= 0.6 is 27.3 Å². The topological polar surface area (TPSA) is 29.5 Å². The maximum absolute atomic E-state index is 13.4. The molecule has 142 valence electrons. The number of rotatable bonds is 5. The molecular formula is C23H18BrFO2S. The van der Waals surface area contributed by atoms with E-state index in [2.05, 4.69) is 15.9 Å². The summed E-state index contributed by atoms with van der Waals surface area (Å²) in [5.41, 5.74) is 2.82. The predicted octanol–water partition coefficient (Wildman–Crippen LogP) is 6.77. The third-order valence-corrected chi connectivity index (χ3v) is 6.41. The number of thiophene rings is 1. The molecule has 0 fully saturated rings. The molecule has 0 bridgehead atoms. The molecule has 0 spiro atoms. The van der Waals surface area contributed by atoms with Gasteiger partial charge in [-0.25, -0.2) is 4.39 Å². The highest BCUT2D eigenvalue weighted by atomic mass is 79.9. The fourth-order valence-corrected chi connectivity index (χ4v) is 4.66. The molecule has 4 aromatic rings. The van der Waals surface area contributed by atoms with Crippen molar-refractivity contribution in [2.75, 3.05) is 0 Å². The summed E-state index contributed by atoms with van der Waals surface area (Å²) in [7, 11) is 0. The highest BCUT2D eigenvalue weighted by molar-refractivity contribution is 9.10. The van der Waals surface area contributed by atoms with Crippen molar-refractivity contribution in [1.82, 2.24) is 0 Å². The first-order valence-electron chi connectivity index (χ1n) is 8.85. The smallest absolute Gasteiger partial charge is 0.134 e. The summed E-state index contributed by atoms with van der Waals surface area (Å²) in [5.74, 6) is 0.459. The minimum atomic E-state index is -0.778. The van der Waals surface area contributed by atoms with Gasteiger partial charge in [-0.05, 0) is 81.3 Å². The van der Waals surface area contributed by atoms with Gasteiger partial charge in [-0.15, -0.1) is 11.3 Å². The second-order valence-electron chi connectivity index (χ2n) is 6.65. The van der Waals surface area contributed by atoms with Crippen LogP contribution in [0.4, 0.5) is 4.39 Å². The second-order valence-corrected chi connectivity index (χ2v) is 8.62. The van der Waals surface area contributed by atoms with Gasteiger partial charge in [0.25, 0.3) is 0 Å². The summed E-state index contributed by atoms with van der Waals surface area (Å²) >= 11 is 5.03. The van der Waals surface area contributed by atoms with Gasteiger partial charge in [0, 0.05) is 9.58 Å². The highest BCUT2D eigenvalue weighted by Gasteiger charge is 2.18. The van der Waals surface area contributed by atoms with E-state index in [9.17, 15) is 9.50 Å². The Labute approximate surface area is 175 Å². The lowest BCUT2D eigenvalue weighted by atomic mass is 10.0. The summed E-state index contributed by atoms with van der Waals surface area (Å²) in [6, 6.07) is 20.3. The van der Waals surface area contributed by atoms with Crippen molar-refractivity contribution in [3.05, 3.63) is 98.6 Å². The van der Waals surface area contributed by atoms with Gasteiger partial charge in [-0.2, -0.15) is 0 Å². The van der Waals surface area contributed by atoms with Crippen molar-refractivity contribution in [2.45, 2.75) is 19.6 Å². The van der Waals surface area contributed by atoms with E-state index in [0.29, 0.717) is 6.61 Å². The molecule has 1 N–H and O–H groups in total. The standard InChI is InChI=1S/C23H18BrFO2S/c1-14-9-20(27-13-15-5-3-2-4-6-15)19(24)12-18(14)23(26)22-11-16-10-17(25)7-8-21(16)28-22/h2-12,23,26H,13H2,1H3. The third kappa shape index (κ3) is 3.97. The van der Waals surface area contributed by atoms with Gasteiger partial charge in [0.05, 0.1) is 4.47 Å². The number of aliphatic hydroxyl groups excluding tert-OH is 1. The molecule has 0 radical (unpaired) electrons. The Hall–Kier alpha value is -2.21. The summed E-state index contributed by atoms with van der Waals surface area (Å²) in [6.07, 6.45) is -0.778. The van der Waals surface area contributed by atoms with Gasteiger partial charge in [0.15, 0.2) is 0 Å². The normalized spacial score (nSPS) is 12.3. The van der Waals surface area contributed by atoms with Gasteiger partial charge < -0.3 is 9.84 Å². The van der Waals surface area contributed by atoms with E-state index in [1.54, 1.807) is 6.07 Å². The van der Waals surface area contributed by atoms with Crippen molar-refractivity contribution in [1.29, 1.82) is 0 Å². The Balaban J connectivity index is 1.59. The average molecular weight is 457 g/mol. The maximum atomic E-state index is 13.4. The van der Waals surface area contributed by atoms with Crippen LogP contribution in [0.25, 0.3) is 10.1 Å². The summed E-state index contributed by atoms with van der Waals surface area (Å²) in [5, 5.41) is 11.7. The summed E-state index contributed by atoms with van der Waals surface area (Å²) < 4.78 is 21.1. The van der Waals surface area contributed by atoms with Gasteiger partial charge in [0.1, 0.15) is 24.3 Å². The van der Waals surface area contributed by atoms with Crippen LogP contribution in [0, 0.1) is 12.7 Å². The zero-order chi connectivity index (χ0) is 19.7. The number of aryl methyl sites for hydroxylation is 1. The molecule has 2 nitrogen and oxygen atoms in total. The van der Waals surface area contributed by atoms with Gasteiger partial charge in [-0.1, -0.05) is 30.3 Å². The van der Waals surface area contributed by atoms with Crippen molar-refractivity contribution >= 4 is 37.4 Å². The van der Waals surface area contributed by atoms with Crippen LogP contribution in [0.15, 0.2) is 71.2 Å². The van der Waals surface area contributed by atoms with E-state index in [1.807, 2.05) is 55.5 Å².